The molecule has 0 aliphatic heterocycles. The van der Waals surface area contributed by atoms with Crippen LogP contribution in [0.3, 0.4) is 0 Å². The number of carboxylic acids is 1. The number of terminal acetylenes is 1. The molecule has 0 amide bonds. The van der Waals surface area contributed by atoms with Crippen molar-refractivity contribution < 1.29 is 18.3 Å². The number of nitrogens with zero attached hydrogens (tertiary/aromatic N) is 2. The first-order valence-corrected chi connectivity index (χ1v) is 11.0. The number of sulfonamides is 1. The quantitative estimate of drug-likeness (QED) is 0.589. The van der Waals surface area contributed by atoms with Crippen LogP contribution in [-0.4, -0.2) is 34.8 Å². The molecule has 148 valence electrons. The second-order valence-electron chi connectivity index (χ2n) is 6.84. The molecule has 2 aromatic heterocycles. The highest BCUT2D eigenvalue weighted by Gasteiger charge is 2.70. The molecule has 0 bridgehead atoms. The Bertz CT molecular complexity index is 1220. The number of carbonyl (C=O) groups is 1. The van der Waals surface area contributed by atoms with Gasteiger partial charge in [-0.15, -0.1) is 17.8 Å². The van der Waals surface area contributed by atoms with Gasteiger partial charge in [0.15, 0.2) is 0 Å². The van der Waals surface area contributed by atoms with E-state index in [1.807, 2.05) is 30.3 Å². The largest absolute Gasteiger partial charge is 0.480 e. The average Bonchev–Trinajstić information content (AvgIpc) is 3.13. The first kappa shape index (κ1) is 19.4. The summed E-state index contributed by atoms with van der Waals surface area (Å²) < 4.78 is 29.9. The van der Waals surface area contributed by atoms with E-state index in [1.165, 1.54) is 10.7 Å². The number of hydrogen-bond acceptors (Lipinski definition) is 5. The van der Waals surface area contributed by atoms with Gasteiger partial charge in [0.05, 0.1) is 0 Å². The number of aromatic nitrogens is 2. The molecule has 3 aromatic rings. The number of thiophene rings is 1. The predicted molar refractivity (Wildman–Crippen MR) is 108 cm³/mol. The molecule has 1 fully saturated rings. The Kier molecular flexibility index (Phi) is 4.58. The fourth-order valence-corrected chi connectivity index (χ4v) is 6.36. The number of carboxylic acid groups (broad SMARTS) is 1. The Hall–Kier alpha value is -2.93. The van der Waals surface area contributed by atoms with Crippen molar-refractivity contribution in [3.63, 3.8) is 0 Å². The van der Waals surface area contributed by atoms with Crippen LogP contribution in [0.5, 0.6) is 0 Å². The lowest BCUT2D eigenvalue weighted by atomic mass is 10.1. The van der Waals surface area contributed by atoms with Gasteiger partial charge in [0.1, 0.15) is 20.4 Å². The van der Waals surface area contributed by atoms with Gasteiger partial charge in [-0.3, -0.25) is 4.79 Å². The number of rotatable bonds is 6. The monoisotopic (exact) mass is 427 g/mol. The van der Waals surface area contributed by atoms with E-state index < -0.39 is 27.4 Å². The number of nitrogens with one attached hydrogen (secondary N) is 1. The van der Waals surface area contributed by atoms with Crippen molar-refractivity contribution >= 4 is 27.3 Å². The van der Waals surface area contributed by atoms with E-state index in [0.717, 1.165) is 16.9 Å². The highest BCUT2D eigenvalue weighted by molar-refractivity contribution is 7.91. The van der Waals surface area contributed by atoms with Crippen LogP contribution in [0.2, 0.25) is 0 Å². The van der Waals surface area contributed by atoms with Gasteiger partial charge in [-0.25, -0.2) is 13.1 Å². The summed E-state index contributed by atoms with van der Waals surface area (Å²) in [6.45, 7) is 1.74. The molecule has 1 aliphatic rings. The lowest BCUT2D eigenvalue weighted by molar-refractivity contribution is -0.140. The van der Waals surface area contributed by atoms with Crippen molar-refractivity contribution in [1.29, 1.82) is 0 Å². The van der Waals surface area contributed by atoms with Crippen molar-refractivity contribution in [2.24, 2.45) is 5.92 Å². The molecule has 3 atom stereocenters. The van der Waals surface area contributed by atoms with Gasteiger partial charge < -0.3 is 5.11 Å². The van der Waals surface area contributed by atoms with E-state index in [9.17, 15) is 18.3 Å². The van der Waals surface area contributed by atoms with Crippen LogP contribution in [0.15, 0.2) is 58.9 Å². The van der Waals surface area contributed by atoms with Crippen molar-refractivity contribution in [3.05, 3.63) is 66.0 Å². The molecular weight excluding hydrogens is 410 g/mol. The normalized spacial score (nSPS) is 23.4. The van der Waals surface area contributed by atoms with Gasteiger partial charge >= 0.3 is 5.97 Å². The molecule has 1 aromatic carbocycles. The Morgan fingerprint density at radius 3 is 2.62 bits per heavy atom. The van der Waals surface area contributed by atoms with Gasteiger partial charge in [0.25, 0.3) is 10.0 Å². The second-order valence-corrected chi connectivity index (χ2v) is 9.81. The minimum Gasteiger partial charge on any atom is -0.480 e. The third kappa shape index (κ3) is 3.15. The van der Waals surface area contributed by atoms with E-state index in [2.05, 4.69) is 15.7 Å². The van der Waals surface area contributed by atoms with E-state index in [4.69, 9.17) is 6.42 Å². The van der Waals surface area contributed by atoms with Crippen LogP contribution in [0, 0.1) is 18.3 Å². The molecule has 7 nitrogen and oxygen atoms in total. The summed E-state index contributed by atoms with van der Waals surface area (Å²) in [7, 11) is -4.05. The maximum atomic E-state index is 13.0. The zero-order valence-electron chi connectivity index (χ0n) is 15.3. The fraction of sp³-hybridized carbons (Fsp3) is 0.200. The van der Waals surface area contributed by atoms with Crippen LogP contribution < -0.4 is 4.72 Å². The predicted octanol–water partition coefficient (Wildman–Crippen LogP) is 2.45. The highest BCUT2D eigenvalue weighted by atomic mass is 32.2. The molecule has 1 saturated carbocycles. The summed E-state index contributed by atoms with van der Waals surface area (Å²) in [6, 6.07) is 13.7. The third-order valence-corrected chi connectivity index (χ3v) is 8.26. The zero-order chi connectivity index (χ0) is 20.8. The first-order valence-electron chi connectivity index (χ1n) is 8.74. The van der Waals surface area contributed by atoms with Crippen LogP contribution >= 0.6 is 11.3 Å². The second kappa shape index (κ2) is 6.84. The van der Waals surface area contributed by atoms with Gasteiger partial charge in [0, 0.05) is 12.1 Å². The van der Waals surface area contributed by atoms with E-state index >= 15 is 0 Å². The third-order valence-electron chi connectivity index (χ3n) is 5.21. The Balaban J connectivity index is 1.64. The number of hydrogen-bond donors (Lipinski definition) is 2. The number of benzene rings is 1. The van der Waals surface area contributed by atoms with Crippen molar-refractivity contribution in [2.75, 3.05) is 0 Å². The Labute approximate surface area is 172 Å². The molecule has 9 heteroatoms. The lowest BCUT2D eigenvalue weighted by Crippen LogP contribution is -2.45. The molecule has 1 aliphatic carbocycles. The van der Waals surface area contributed by atoms with E-state index in [1.54, 1.807) is 25.3 Å². The van der Waals surface area contributed by atoms with Crippen molar-refractivity contribution in [3.8, 4) is 17.3 Å². The molecule has 4 rings (SSSR count). The Morgan fingerprint density at radius 2 is 2.00 bits per heavy atom. The van der Waals surface area contributed by atoms with Gasteiger partial charge in [-0.05, 0) is 35.6 Å². The SMILES string of the molecule is C#Cc1ccn(-c2ccc(S(=O)(=O)N[C@@]3(C(=O)O)[C@H](C)[C@@H]3c3ccccc3)s2)n1. The summed E-state index contributed by atoms with van der Waals surface area (Å²) in [5.74, 6) is 0.385. The lowest BCUT2D eigenvalue weighted by Gasteiger charge is -2.15. The molecule has 29 heavy (non-hydrogen) atoms. The van der Waals surface area contributed by atoms with E-state index in [-0.39, 0.29) is 10.1 Å². The molecule has 2 heterocycles. The number of aliphatic carboxylic acids is 1. The van der Waals surface area contributed by atoms with Crippen molar-refractivity contribution in [1.82, 2.24) is 14.5 Å². The Morgan fingerprint density at radius 1 is 1.28 bits per heavy atom. The first-order chi connectivity index (χ1) is 13.8. The summed E-state index contributed by atoms with van der Waals surface area (Å²) in [6.07, 6.45) is 6.95. The van der Waals surface area contributed by atoms with Crippen LogP contribution in [-0.2, 0) is 14.8 Å². The fourth-order valence-electron chi connectivity index (χ4n) is 3.68. The smallest absolute Gasteiger partial charge is 0.325 e. The molecule has 0 unspecified atom stereocenters. The minimum atomic E-state index is -4.05. The maximum Gasteiger partial charge on any atom is 0.325 e. The highest BCUT2D eigenvalue weighted by Crippen LogP contribution is 2.58. The summed E-state index contributed by atoms with van der Waals surface area (Å²) in [4.78, 5) is 12.1. The van der Waals surface area contributed by atoms with Gasteiger partial charge in [-0.1, -0.05) is 37.3 Å². The molecule has 0 saturated heterocycles. The van der Waals surface area contributed by atoms with Crippen molar-refractivity contribution in [2.45, 2.75) is 22.6 Å². The standard InChI is InChI=1S/C20H17N3O4S2/c1-3-15-11-12-23(21-15)16-9-10-17(28-16)29(26,27)22-20(19(24)25)13(2)18(20)14-7-5-4-6-8-14/h1,4-13,18,22H,2H3,(H,24,25)/t13-,18-,20+/m1/s1. The van der Waals surface area contributed by atoms with Crippen LogP contribution in [0.25, 0.3) is 5.00 Å². The zero-order valence-corrected chi connectivity index (χ0v) is 16.9. The molecule has 0 spiro atoms. The topological polar surface area (TPSA) is 101 Å². The maximum absolute atomic E-state index is 13.0. The molecular formula is C20H17N3O4S2. The summed E-state index contributed by atoms with van der Waals surface area (Å²) in [5, 5.41) is 14.6. The molecule has 0 radical (unpaired) electrons. The average molecular weight is 428 g/mol. The summed E-state index contributed by atoms with van der Waals surface area (Å²) >= 11 is 0.984. The van der Waals surface area contributed by atoms with E-state index in [0.29, 0.717) is 10.7 Å². The van der Waals surface area contributed by atoms with Gasteiger partial charge in [0.2, 0.25) is 0 Å². The van der Waals surface area contributed by atoms with Crippen LogP contribution in [0.1, 0.15) is 24.1 Å². The van der Waals surface area contributed by atoms with Gasteiger partial charge in [-0.2, -0.15) is 9.82 Å². The minimum absolute atomic E-state index is 0.0109. The summed E-state index contributed by atoms with van der Waals surface area (Å²) in [5.41, 5.74) is -0.356. The van der Waals surface area contributed by atoms with Crippen LogP contribution in [0.4, 0.5) is 0 Å². The molecule has 2 N–H and O–H groups in total.